The third kappa shape index (κ3) is 1.17. The molecule has 1 aliphatic carbocycles. The highest BCUT2D eigenvalue weighted by Crippen LogP contribution is 2.50. The average molecular weight is 204 g/mol. The van der Waals surface area contributed by atoms with Gasteiger partial charge in [-0.1, -0.05) is 6.07 Å². The van der Waals surface area contributed by atoms with Crippen molar-refractivity contribution in [1.29, 1.82) is 0 Å². The van der Waals surface area contributed by atoms with E-state index in [1.807, 2.05) is 18.2 Å². The van der Waals surface area contributed by atoms with Crippen LogP contribution in [0.1, 0.15) is 18.4 Å². The number of carbonyl (C=O) groups is 1. The third-order valence-electron chi connectivity index (χ3n) is 3.09. The van der Waals surface area contributed by atoms with Crippen molar-refractivity contribution in [1.82, 2.24) is 5.32 Å². The standard InChI is InChI=1S/C11H12N2O2/c1-15-7-2-3-8-9(6-7)12-10(14)13-11(8)4-5-11/h2-3,6H,4-5H2,1H3,(H2,12,13,14). The highest BCUT2D eigenvalue weighted by Gasteiger charge is 2.49. The molecule has 4 heteroatoms. The number of nitrogens with one attached hydrogen (secondary N) is 2. The Morgan fingerprint density at radius 3 is 2.87 bits per heavy atom. The van der Waals surface area contributed by atoms with Gasteiger partial charge in [-0.25, -0.2) is 4.79 Å². The first-order chi connectivity index (χ1) is 7.23. The van der Waals surface area contributed by atoms with Crippen LogP contribution in [0, 0.1) is 0 Å². The second-order valence-corrected chi connectivity index (χ2v) is 4.07. The van der Waals surface area contributed by atoms with Gasteiger partial charge in [-0.3, -0.25) is 0 Å². The zero-order valence-corrected chi connectivity index (χ0v) is 8.46. The van der Waals surface area contributed by atoms with Crippen molar-refractivity contribution in [3.8, 4) is 5.75 Å². The number of urea groups is 1. The number of benzene rings is 1. The van der Waals surface area contributed by atoms with E-state index in [0.717, 1.165) is 24.3 Å². The predicted molar refractivity (Wildman–Crippen MR) is 56.1 cm³/mol. The molecule has 15 heavy (non-hydrogen) atoms. The lowest BCUT2D eigenvalue weighted by Gasteiger charge is -2.27. The van der Waals surface area contributed by atoms with Crippen molar-refractivity contribution in [3.63, 3.8) is 0 Å². The van der Waals surface area contributed by atoms with E-state index in [-0.39, 0.29) is 11.6 Å². The Kier molecular flexibility index (Phi) is 1.52. The third-order valence-corrected chi connectivity index (χ3v) is 3.09. The van der Waals surface area contributed by atoms with E-state index in [9.17, 15) is 4.79 Å². The van der Waals surface area contributed by atoms with Crippen molar-refractivity contribution in [2.75, 3.05) is 12.4 Å². The van der Waals surface area contributed by atoms with Gasteiger partial charge in [0.1, 0.15) is 5.75 Å². The second-order valence-electron chi connectivity index (χ2n) is 4.07. The number of hydrogen-bond acceptors (Lipinski definition) is 2. The molecule has 3 rings (SSSR count). The number of methoxy groups -OCH3 is 1. The molecule has 2 aliphatic rings. The topological polar surface area (TPSA) is 50.4 Å². The molecule has 2 N–H and O–H groups in total. The predicted octanol–water partition coefficient (Wildman–Crippen LogP) is 1.82. The first kappa shape index (κ1) is 8.59. The van der Waals surface area contributed by atoms with Gasteiger partial charge < -0.3 is 15.4 Å². The molecular formula is C11H12N2O2. The van der Waals surface area contributed by atoms with Gasteiger partial charge in [0.25, 0.3) is 0 Å². The van der Waals surface area contributed by atoms with Gasteiger partial charge in [-0.05, 0) is 18.9 Å². The quantitative estimate of drug-likeness (QED) is 0.733. The van der Waals surface area contributed by atoms with E-state index in [0.29, 0.717) is 0 Å². The Labute approximate surface area is 87.6 Å². The summed E-state index contributed by atoms with van der Waals surface area (Å²) in [5.41, 5.74) is 1.95. The smallest absolute Gasteiger partial charge is 0.319 e. The van der Waals surface area contributed by atoms with E-state index >= 15 is 0 Å². The molecule has 1 heterocycles. The molecule has 1 aromatic rings. The summed E-state index contributed by atoms with van der Waals surface area (Å²) in [6.07, 6.45) is 2.06. The monoisotopic (exact) mass is 204 g/mol. The largest absolute Gasteiger partial charge is 0.497 e. The number of amides is 2. The highest BCUT2D eigenvalue weighted by molar-refractivity contribution is 5.94. The number of ether oxygens (including phenoxy) is 1. The molecule has 4 nitrogen and oxygen atoms in total. The van der Waals surface area contributed by atoms with Crippen LogP contribution < -0.4 is 15.4 Å². The molecule has 0 unspecified atom stereocenters. The van der Waals surface area contributed by atoms with Crippen LogP contribution >= 0.6 is 0 Å². The molecule has 1 aromatic carbocycles. The van der Waals surface area contributed by atoms with Crippen LogP contribution in [-0.4, -0.2) is 13.1 Å². The van der Waals surface area contributed by atoms with Crippen molar-refractivity contribution in [2.24, 2.45) is 0 Å². The van der Waals surface area contributed by atoms with Gasteiger partial charge in [0.2, 0.25) is 0 Å². The molecule has 1 aliphatic heterocycles. The molecule has 1 saturated carbocycles. The van der Waals surface area contributed by atoms with Crippen LogP contribution in [0.25, 0.3) is 0 Å². The SMILES string of the molecule is COc1ccc2c(c1)NC(=O)NC21CC1. The van der Waals surface area contributed by atoms with Crippen LogP contribution in [0.4, 0.5) is 10.5 Å². The molecule has 0 saturated heterocycles. The first-order valence-electron chi connectivity index (χ1n) is 5.01. The summed E-state index contributed by atoms with van der Waals surface area (Å²) < 4.78 is 5.13. The highest BCUT2D eigenvalue weighted by atomic mass is 16.5. The maximum Gasteiger partial charge on any atom is 0.319 e. The Bertz CT molecular complexity index is 438. The molecule has 0 bridgehead atoms. The fourth-order valence-corrected chi connectivity index (χ4v) is 2.13. The lowest BCUT2D eigenvalue weighted by atomic mass is 10.0. The van der Waals surface area contributed by atoms with Crippen molar-refractivity contribution < 1.29 is 9.53 Å². The van der Waals surface area contributed by atoms with Gasteiger partial charge in [0, 0.05) is 11.6 Å². The van der Waals surface area contributed by atoms with E-state index < -0.39 is 0 Å². The van der Waals surface area contributed by atoms with Crippen LogP contribution in [-0.2, 0) is 5.54 Å². The summed E-state index contributed by atoms with van der Waals surface area (Å²) >= 11 is 0. The molecule has 78 valence electrons. The molecule has 0 aromatic heterocycles. The zero-order chi connectivity index (χ0) is 10.5. The summed E-state index contributed by atoms with van der Waals surface area (Å²) in [6, 6.07) is 5.70. The van der Waals surface area contributed by atoms with E-state index in [1.54, 1.807) is 7.11 Å². The zero-order valence-electron chi connectivity index (χ0n) is 8.46. The van der Waals surface area contributed by atoms with E-state index in [4.69, 9.17) is 4.74 Å². The van der Waals surface area contributed by atoms with Crippen molar-refractivity contribution >= 4 is 11.7 Å². The van der Waals surface area contributed by atoms with Gasteiger partial charge in [-0.15, -0.1) is 0 Å². The van der Waals surface area contributed by atoms with Crippen LogP contribution in [0.5, 0.6) is 5.75 Å². The maximum absolute atomic E-state index is 11.4. The molecule has 0 atom stereocenters. The van der Waals surface area contributed by atoms with Crippen LogP contribution in [0.15, 0.2) is 18.2 Å². The normalized spacial score (nSPS) is 20.2. The fraction of sp³-hybridized carbons (Fsp3) is 0.364. The molecule has 0 radical (unpaired) electrons. The van der Waals surface area contributed by atoms with Gasteiger partial charge in [0.05, 0.1) is 18.3 Å². The Balaban J connectivity index is 2.11. The Morgan fingerprint density at radius 2 is 2.20 bits per heavy atom. The average Bonchev–Trinajstić information content (AvgIpc) is 2.97. The number of fused-ring (bicyclic) bond motifs is 2. The number of rotatable bonds is 1. The minimum absolute atomic E-state index is 0.0933. The van der Waals surface area contributed by atoms with Crippen molar-refractivity contribution in [2.45, 2.75) is 18.4 Å². The number of carbonyl (C=O) groups excluding carboxylic acids is 1. The summed E-state index contributed by atoms with van der Waals surface area (Å²) in [6.45, 7) is 0. The van der Waals surface area contributed by atoms with Gasteiger partial charge in [0.15, 0.2) is 0 Å². The Hall–Kier alpha value is -1.71. The van der Waals surface area contributed by atoms with E-state index in [1.165, 1.54) is 5.56 Å². The first-order valence-corrected chi connectivity index (χ1v) is 5.01. The number of hydrogen-bond donors (Lipinski definition) is 2. The van der Waals surface area contributed by atoms with E-state index in [2.05, 4.69) is 10.6 Å². The minimum Gasteiger partial charge on any atom is -0.497 e. The maximum atomic E-state index is 11.4. The molecule has 1 spiro atoms. The number of anilines is 1. The molecule has 2 amide bonds. The van der Waals surface area contributed by atoms with Crippen molar-refractivity contribution in [3.05, 3.63) is 23.8 Å². The summed E-state index contributed by atoms with van der Waals surface area (Å²) in [5, 5.41) is 5.77. The lowest BCUT2D eigenvalue weighted by Crippen LogP contribution is -2.42. The van der Waals surface area contributed by atoms with Crippen LogP contribution in [0.3, 0.4) is 0 Å². The second kappa shape index (κ2) is 2.66. The summed E-state index contributed by atoms with van der Waals surface area (Å²) in [5.74, 6) is 0.770. The fourth-order valence-electron chi connectivity index (χ4n) is 2.13. The minimum atomic E-state index is -0.117. The van der Waals surface area contributed by atoms with Gasteiger partial charge in [-0.2, -0.15) is 0 Å². The van der Waals surface area contributed by atoms with Gasteiger partial charge >= 0.3 is 6.03 Å². The molecular weight excluding hydrogens is 192 g/mol. The summed E-state index contributed by atoms with van der Waals surface area (Å²) in [4.78, 5) is 11.4. The summed E-state index contributed by atoms with van der Waals surface area (Å²) in [7, 11) is 1.62. The van der Waals surface area contributed by atoms with Crippen LogP contribution in [0.2, 0.25) is 0 Å². The Morgan fingerprint density at radius 1 is 1.40 bits per heavy atom. The molecule has 1 fully saturated rings. The lowest BCUT2D eigenvalue weighted by molar-refractivity contribution is 0.246.